The van der Waals surface area contributed by atoms with Crippen LogP contribution in [0.5, 0.6) is 11.6 Å². The van der Waals surface area contributed by atoms with Crippen LogP contribution in [0.1, 0.15) is 10.5 Å². The molecule has 92 valence electrons. The van der Waals surface area contributed by atoms with Crippen molar-refractivity contribution < 1.29 is 14.6 Å². The second-order valence-electron chi connectivity index (χ2n) is 3.22. The molecule has 1 aromatic carbocycles. The quantitative estimate of drug-likeness (QED) is 0.934. The average Bonchev–Trinajstić information content (AvgIpc) is 2.33. The summed E-state index contributed by atoms with van der Waals surface area (Å²) in [6, 6.07) is 5.11. The minimum absolute atomic E-state index is 0.149. The van der Waals surface area contributed by atoms with Gasteiger partial charge in [-0.2, -0.15) is 0 Å². The number of hydrogen-bond acceptors (Lipinski definition) is 4. The molecule has 0 fully saturated rings. The fourth-order valence-electron chi connectivity index (χ4n) is 1.15. The van der Waals surface area contributed by atoms with Crippen LogP contribution in [0.2, 0.25) is 5.02 Å². The molecule has 1 heterocycles. The van der Waals surface area contributed by atoms with Crippen LogP contribution in [0.3, 0.4) is 0 Å². The molecule has 0 aliphatic rings. The average molecular weight is 330 g/mol. The highest BCUT2D eigenvalue weighted by Crippen LogP contribution is 2.30. The summed E-state index contributed by atoms with van der Waals surface area (Å²) >= 11 is 9.24. The number of carboxylic acids is 1. The molecule has 2 rings (SSSR count). The number of hydrogen-bond donors (Lipinski definition) is 1. The first-order valence-corrected chi connectivity index (χ1v) is 5.91. The highest BCUT2D eigenvalue weighted by Gasteiger charge is 2.08. The topological polar surface area (TPSA) is 72.3 Å². The summed E-state index contributed by atoms with van der Waals surface area (Å²) in [5, 5.41) is 9.08. The van der Waals surface area contributed by atoms with Crippen molar-refractivity contribution in [2.24, 2.45) is 0 Å². The van der Waals surface area contributed by atoms with Gasteiger partial charge in [0, 0.05) is 4.47 Å². The summed E-state index contributed by atoms with van der Waals surface area (Å²) < 4.78 is 6.21. The summed E-state index contributed by atoms with van der Waals surface area (Å²) in [6.07, 6.45) is 2.34. The van der Waals surface area contributed by atoms with Gasteiger partial charge in [-0.05, 0) is 18.2 Å². The van der Waals surface area contributed by atoms with Gasteiger partial charge >= 0.3 is 5.97 Å². The molecule has 0 aliphatic heterocycles. The maximum Gasteiger partial charge on any atom is 0.356 e. The zero-order valence-corrected chi connectivity index (χ0v) is 11.1. The van der Waals surface area contributed by atoms with E-state index in [0.29, 0.717) is 10.8 Å². The molecule has 0 atom stereocenters. The third-order valence-electron chi connectivity index (χ3n) is 1.96. The van der Waals surface area contributed by atoms with Crippen LogP contribution < -0.4 is 4.74 Å². The van der Waals surface area contributed by atoms with E-state index in [9.17, 15) is 4.79 Å². The molecule has 0 saturated carbocycles. The van der Waals surface area contributed by atoms with Gasteiger partial charge in [0.05, 0.1) is 17.4 Å². The predicted molar refractivity (Wildman–Crippen MR) is 68.2 cm³/mol. The van der Waals surface area contributed by atoms with E-state index < -0.39 is 5.97 Å². The van der Waals surface area contributed by atoms with E-state index in [1.165, 1.54) is 6.20 Å². The van der Waals surface area contributed by atoms with Crippen LogP contribution in [-0.2, 0) is 0 Å². The molecular weight excluding hydrogens is 323 g/mol. The number of benzene rings is 1. The van der Waals surface area contributed by atoms with Gasteiger partial charge in [-0.1, -0.05) is 27.5 Å². The molecule has 7 heteroatoms. The Bertz CT molecular complexity index is 589. The summed E-state index contributed by atoms with van der Waals surface area (Å²) in [7, 11) is 0. The van der Waals surface area contributed by atoms with Crippen LogP contribution in [0.4, 0.5) is 0 Å². The van der Waals surface area contributed by atoms with Crippen LogP contribution in [-0.4, -0.2) is 21.0 Å². The van der Waals surface area contributed by atoms with Crippen molar-refractivity contribution >= 4 is 33.5 Å². The fraction of sp³-hybridized carbons (Fsp3) is 0. The van der Waals surface area contributed by atoms with E-state index in [1.807, 2.05) is 0 Å². The Labute approximate surface area is 116 Å². The molecule has 0 saturated heterocycles. The molecule has 0 bridgehead atoms. The van der Waals surface area contributed by atoms with Gasteiger partial charge in [-0.15, -0.1) is 0 Å². The Morgan fingerprint density at radius 3 is 2.67 bits per heavy atom. The lowest BCUT2D eigenvalue weighted by Crippen LogP contribution is -2.01. The van der Waals surface area contributed by atoms with Crippen LogP contribution in [0.15, 0.2) is 35.1 Å². The molecule has 2 aromatic rings. The number of carbonyl (C=O) groups is 1. The highest BCUT2D eigenvalue weighted by molar-refractivity contribution is 9.10. The molecule has 0 aliphatic carbocycles. The number of rotatable bonds is 3. The Hall–Kier alpha value is -1.66. The maximum atomic E-state index is 10.6. The molecule has 5 nitrogen and oxygen atoms in total. The van der Waals surface area contributed by atoms with E-state index in [-0.39, 0.29) is 11.6 Å². The van der Waals surface area contributed by atoms with Crippen molar-refractivity contribution in [2.75, 3.05) is 0 Å². The molecule has 18 heavy (non-hydrogen) atoms. The second kappa shape index (κ2) is 5.32. The van der Waals surface area contributed by atoms with E-state index >= 15 is 0 Å². The smallest absolute Gasteiger partial charge is 0.356 e. The van der Waals surface area contributed by atoms with Gasteiger partial charge in [0.2, 0.25) is 5.88 Å². The van der Waals surface area contributed by atoms with Gasteiger partial charge in [0.25, 0.3) is 0 Å². The Morgan fingerprint density at radius 2 is 2.11 bits per heavy atom. The summed E-state index contributed by atoms with van der Waals surface area (Å²) in [5.41, 5.74) is -0.149. The summed E-state index contributed by atoms with van der Waals surface area (Å²) in [6.45, 7) is 0. The van der Waals surface area contributed by atoms with Crippen LogP contribution in [0, 0.1) is 0 Å². The number of aromatic nitrogens is 2. The highest BCUT2D eigenvalue weighted by atomic mass is 79.9. The first-order chi connectivity index (χ1) is 8.56. The van der Waals surface area contributed by atoms with Gasteiger partial charge in [-0.25, -0.2) is 14.8 Å². The van der Waals surface area contributed by atoms with Gasteiger partial charge < -0.3 is 9.84 Å². The number of carboxylic acid groups (broad SMARTS) is 1. The second-order valence-corrected chi connectivity index (χ2v) is 4.54. The predicted octanol–water partition coefficient (Wildman–Crippen LogP) is 3.38. The zero-order valence-electron chi connectivity index (χ0n) is 8.80. The molecule has 0 amide bonds. The SMILES string of the molecule is O=C(O)c1cnc(Oc2ccc(Br)cc2Cl)cn1. The molecule has 1 N–H and O–H groups in total. The Balaban J connectivity index is 2.21. The lowest BCUT2D eigenvalue weighted by Gasteiger charge is -2.06. The van der Waals surface area contributed by atoms with E-state index in [0.717, 1.165) is 10.7 Å². The number of nitrogens with zero attached hydrogens (tertiary/aromatic N) is 2. The standard InChI is InChI=1S/C11H6BrClN2O3/c12-6-1-2-9(7(13)3-6)18-10-5-14-8(4-15-10)11(16)17/h1-5H,(H,16,17). The first-order valence-electron chi connectivity index (χ1n) is 4.74. The molecule has 0 unspecified atom stereocenters. The van der Waals surface area contributed by atoms with E-state index in [2.05, 4.69) is 25.9 Å². The Kier molecular flexibility index (Phi) is 3.78. The third kappa shape index (κ3) is 2.96. The largest absolute Gasteiger partial charge is 0.476 e. The first kappa shape index (κ1) is 12.8. The molecule has 0 radical (unpaired) electrons. The summed E-state index contributed by atoms with van der Waals surface area (Å²) in [5.74, 6) is -0.558. The third-order valence-corrected chi connectivity index (χ3v) is 2.74. The van der Waals surface area contributed by atoms with Crippen molar-refractivity contribution in [3.63, 3.8) is 0 Å². The lowest BCUT2D eigenvalue weighted by molar-refractivity contribution is 0.0690. The van der Waals surface area contributed by atoms with Crippen molar-refractivity contribution in [3.8, 4) is 11.6 Å². The minimum Gasteiger partial charge on any atom is -0.476 e. The zero-order chi connectivity index (χ0) is 13.1. The van der Waals surface area contributed by atoms with Gasteiger partial charge in [0.15, 0.2) is 5.69 Å². The van der Waals surface area contributed by atoms with Crippen molar-refractivity contribution in [1.82, 2.24) is 9.97 Å². The summed E-state index contributed by atoms with van der Waals surface area (Å²) in [4.78, 5) is 18.1. The van der Waals surface area contributed by atoms with Crippen LogP contribution >= 0.6 is 27.5 Å². The number of ether oxygens (including phenoxy) is 1. The van der Waals surface area contributed by atoms with E-state index in [4.69, 9.17) is 21.4 Å². The molecule has 0 spiro atoms. The number of halogens is 2. The minimum atomic E-state index is -1.14. The van der Waals surface area contributed by atoms with Gasteiger partial charge in [0.1, 0.15) is 5.75 Å². The van der Waals surface area contributed by atoms with Gasteiger partial charge in [-0.3, -0.25) is 0 Å². The normalized spacial score (nSPS) is 10.1. The lowest BCUT2D eigenvalue weighted by atomic mass is 10.3. The fourth-order valence-corrected chi connectivity index (χ4v) is 1.86. The van der Waals surface area contributed by atoms with Crippen LogP contribution in [0.25, 0.3) is 0 Å². The Morgan fingerprint density at radius 1 is 1.33 bits per heavy atom. The maximum absolute atomic E-state index is 10.6. The monoisotopic (exact) mass is 328 g/mol. The molecule has 1 aromatic heterocycles. The molecular formula is C11H6BrClN2O3. The van der Waals surface area contributed by atoms with Crippen molar-refractivity contribution in [3.05, 3.63) is 45.8 Å². The van der Waals surface area contributed by atoms with Crippen molar-refractivity contribution in [2.45, 2.75) is 0 Å². The van der Waals surface area contributed by atoms with E-state index in [1.54, 1.807) is 18.2 Å². The number of aromatic carboxylic acids is 1. The van der Waals surface area contributed by atoms with Crippen molar-refractivity contribution in [1.29, 1.82) is 0 Å².